The third kappa shape index (κ3) is 4.88. The van der Waals surface area contributed by atoms with Gasteiger partial charge in [0.15, 0.2) is 0 Å². The van der Waals surface area contributed by atoms with Gasteiger partial charge in [-0.1, -0.05) is 129 Å². The molecule has 0 spiro atoms. The standard InChI is InChI=1S/C54H39N3S/c1-54(2)46-20-9-6-15-40(46)41-29-27-38(32-47(41)54)56(36-25-23-34(24-26-36)39-18-12-19-43-42-16-8-11-22-51(42)58-53(39)43)37-28-30-49-45(31-37)52-44-17-7-10-21-48(44)55-33-50(52)57(49)35-13-4-3-5-14-35/h3-33,40,46H,1-2H3. The molecule has 0 fully saturated rings. The maximum Gasteiger partial charge on any atom is 0.0730 e. The lowest BCUT2D eigenvalue weighted by Gasteiger charge is -2.30. The Bertz CT molecular complexity index is 3330. The van der Waals surface area contributed by atoms with Gasteiger partial charge in [-0.2, -0.15) is 0 Å². The molecule has 10 aromatic rings. The lowest BCUT2D eigenvalue weighted by molar-refractivity contribution is 0.394. The van der Waals surface area contributed by atoms with Crippen LogP contribution in [-0.4, -0.2) is 9.55 Å². The Balaban J connectivity index is 1.07. The minimum atomic E-state index is -0.00525. The smallest absolute Gasteiger partial charge is 0.0730 e. The summed E-state index contributed by atoms with van der Waals surface area (Å²) in [6, 6.07) is 58.1. The van der Waals surface area contributed by atoms with Gasteiger partial charge in [-0.05, 0) is 100 Å². The van der Waals surface area contributed by atoms with Crippen LogP contribution < -0.4 is 4.90 Å². The molecule has 0 saturated heterocycles. The van der Waals surface area contributed by atoms with E-state index in [0.29, 0.717) is 11.8 Å². The number of rotatable bonds is 5. The van der Waals surface area contributed by atoms with E-state index in [4.69, 9.17) is 4.98 Å². The van der Waals surface area contributed by atoms with Crippen molar-refractivity contribution in [3.63, 3.8) is 0 Å². The summed E-state index contributed by atoms with van der Waals surface area (Å²) in [7, 11) is 0. The van der Waals surface area contributed by atoms with Crippen LogP contribution in [0.15, 0.2) is 188 Å². The molecule has 276 valence electrons. The molecule has 3 aromatic heterocycles. The summed E-state index contributed by atoms with van der Waals surface area (Å²) in [5, 5.41) is 6.23. The van der Waals surface area contributed by atoms with Crippen LogP contribution in [0, 0.1) is 5.92 Å². The molecule has 0 radical (unpaired) electrons. The minimum absolute atomic E-state index is 0.00525. The van der Waals surface area contributed by atoms with Gasteiger partial charge in [-0.15, -0.1) is 11.3 Å². The zero-order valence-corrected chi connectivity index (χ0v) is 33.1. The first-order valence-corrected chi connectivity index (χ1v) is 21.0. The highest BCUT2D eigenvalue weighted by molar-refractivity contribution is 7.26. The molecule has 0 N–H and O–H groups in total. The topological polar surface area (TPSA) is 21.1 Å². The van der Waals surface area contributed by atoms with Crippen LogP contribution in [0.1, 0.15) is 30.9 Å². The van der Waals surface area contributed by atoms with Crippen LogP contribution in [-0.2, 0) is 5.41 Å². The van der Waals surface area contributed by atoms with Crippen molar-refractivity contribution >= 4 is 81.3 Å². The van der Waals surface area contributed by atoms with Gasteiger partial charge in [-0.3, -0.25) is 4.98 Å². The van der Waals surface area contributed by atoms with Crippen molar-refractivity contribution in [3.05, 3.63) is 199 Å². The number of pyridine rings is 1. The molecule has 2 unspecified atom stereocenters. The summed E-state index contributed by atoms with van der Waals surface area (Å²) < 4.78 is 5.02. The van der Waals surface area contributed by atoms with Crippen molar-refractivity contribution in [2.24, 2.45) is 5.92 Å². The van der Waals surface area contributed by atoms with E-state index in [1.165, 1.54) is 53.2 Å². The van der Waals surface area contributed by atoms with Crippen LogP contribution in [0.4, 0.5) is 17.1 Å². The quantitative estimate of drug-likeness (QED) is 0.174. The lowest BCUT2D eigenvalue weighted by atomic mass is 9.74. The van der Waals surface area contributed by atoms with E-state index in [2.05, 4.69) is 205 Å². The van der Waals surface area contributed by atoms with E-state index in [1.807, 2.05) is 17.5 Å². The van der Waals surface area contributed by atoms with E-state index in [1.54, 1.807) is 0 Å². The first-order valence-electron chi connectivity index (χ1n) is 20.2. The molecule has 0 bridgehead atoms. The molecule has 3 heterocycles. The molecule has 0 saturated carbocycles. The molecule has 2 aliphatic carbocycles. The fraction of sp³-hybridized carbons (Fsp3) is 0.0926. The van der Waals surface area contributed by atoms with Gasteiger partial charge in [0.05, 0.1) is 22.7 Å². The number of thiophene rings is 1. The van der Waals surface area contributed by atoms with Crippen molar-refractivity contribution in [2.75, 3.05) is 4.90 Å². The molecule has 7 aromatic carbocycles. The van der Waals surface area contributed by atoms with Gasteiger partial charge in [0.1, 0.15) is 0 Å². The van der Waals surface area contributed by atoms with Crippen LogP contribution in [0.25, 0.3) is 69.7 Å². The third-order valence-corrected chi connectivity index (χ3v) is 14.1. The monoisotopic (exact) mass is 761 g/mol. The highest BCUT2D eigenvalue weighted by Gasteiger charge is 2.44. The molecule has 0 aliphatic heterocycles. The number of hydrogen-bond donors (Lipinski definition) is 0. The second kappa shape index (κ2) is 12.6. The van der Waals surface area contributed by atoms with Gasteiger partial charge in [0.2, 0.25) is 0 Å². The number of aromatic nitrogens is 2. The second-order valence-electron chi connectivity index (χ2n) is 16.4. The SMILES string of the molecule is CC1(C)c2cc(N(c3ccc(-c4cccc5c4sc4ccccc45)cc3)c3ccc4c(c3)c3c5ccccc5ncc3n4-c3ccccc3)ccc2C2C=CC=CC21. The maximum atomic E-state index is 4.95. The second-order valence-corrected chi connectivity index (χ2v) is 17.4. The summed E-state index contributed by atoms with van der Waals surface area (Å²) in [6.07, 6.45) is 11.3. The van der Waals surface area contributed by atoms with Crippen LogP contribution in [0.2, 0.25) is 0 Å². The molecule has 2 aliphatic rings. The summed E-state index contributed by atoms with van der Waals surface area (Å²) in [5.41, 5.74) is 13.1. The summed E-state index contributed by atoms with van der Waals surface area (Å²) in [4.78, 5) is 7.41. The van der Waals surface area contributed by atoms with E-state index in [0.717, 1.165) is 44.7 Å². The van der Waals surface area contributed by atoms with Gasteiger partial charge in [0, 0.05) is 65.0 Å². The molecule has 12 rings (SSSR count). The van der Waals surface area contributed by atoms with Crippen LogP contribution in [0.3, 0.4) is 0 Å². The molecule has 0 amide bonds. The molecule has 2 atom stereocenters. The number of nitrogens with zero attached hydrogens (tertiary/aromatic N) is 3. The predicted octanol–water partition coefficient (Wildman–Crippen LogP) is 15.0. The molecular weight excluding hydrogens is 723 g/mol. The van der Waals surface area contributed by atoms with Crippen molar-refractivity contribution in [1.29, 1.82) is 0 Å². The number of allylic oxidation sites excluding steroid dienone is 4. The zero-order chi connectivity index (χ0) is 38.5. The van der Waals surface area contributed by atoms with Crippen molar-refractivity contribution in [1.82, 2.24) is 9.55 Å². The zero-order valence-electron chi connectivity index (χ0n) is 32.3. The Morgan fingerprint density at radius 1 is 0.603 bits per heavy atom. The van der Waals surface area contributed by atoms with E-state index in [-0.39, 0.29) is 5.41 Å². The Kier molecular flexibility index (Phi) is 7.27. The van der Waals surface area contributed by atoms with E-state index < -0.39 is 0 Å². The van der Waals surface area contributed by atoms with Crippen molar-refractivity contribution in [2.45, 2.75) is 25.2 Å². The normalized spacial score (nSPS) is 16.8. The average molecular weight is 762 g/mol. The van der Waals surface area contributed by atoms with E-state index >= 15 is 0 Å². The fourth-order valence-corrected chi connectivity index (χ4v) is 11.4. The van der Waals surface area contributed by atoms with Gasteiger partial charge < -0.3 is 9.47 Å². The minimum Gasteiger partial charge on any atom is -0.310 e. The number of hydrogen-bond acceptors (Lipinski definition) is 3. The highest BCUT2D eigenvalue weighted by atomic mass is 32.1. The Labute approximate surface area is 341 Å². The Morgan fingerprint density at radius 2 is 1.33 bits per heavy atom. The van der Waals surface area contributed by atoms with Crippen LogP contribution >= 0.6 is 11.3 Å². The Morgan fingerprint density at radius 3 is 2.21 bits per heavy atom. The summed E-state index contributed by atoms with van der Waals surface area (Å²) >= 11 is 1.88. The van der Waals surface area contributed by atoms with Crippen molar-refractivity contribution in [3.8, 4) is 16.8 Å². The van der Waals surface area contributed by atoms with Crippen LogP contribution in [0.5, 0.6) is 0 Å². The molecule has 58 heavy (non-hydrogen) atoms. The summed E-state index contributed by atoms with van der Waals surface area (Å²) in [5.74, 6) is 0.838. The van der Waals surface area contributed by atoms with Gasteiger partial charge in [0.25, 0.3) is 0 Å². The first-order chi connectivity index (χ1) is 28.5. The van der Waals surface area contributed by atoms with E-state index in [9.17, 15) is 0 Å². The number of benzene rings is 7. The maximum absolute atomic E-state index is 4.95. The largest absolute Gasteiger partial charge is 0.310 e. The highest BCUT2D eigenvalue weighted by Crippen LogP contribution is 2.54. The molecule has 4 heteroatoms. The third-order valence-electron chi connectivity index (χ3n) is 12.9. The molecular formula is C54H39N3S. The Hall–Kier alpha value is -6.75. The first kappa shape index (κ1) is 33.4. The average Bonchev–Trinajstić information content (AvgIpc) is 3.90. The number of para-hydroxylation sites is 2. The van der Waals surface area contributed by atoms with Gasteiger partial charge in [-0.25, -0.2) is 0 Å². The fourth-order valence-electron chi connectivity index (χ4n) is 10.1. The number of fused-ring (bicyclic) bond motifs is 11. The lowest BCUT2D eigenvalue weighted by Crippen LogP contribution is -2.24. The molecule has 3 nitrogen and oxygen atoms in total. The van der Waals surface area contributed by atoms with Gasteiger partial charge >= 0.3 is 0 Å². The van der Waals surface area contributed by atoms with Crippen molar-refractivity contribution < 1.29 is 0 Å². The summed E-state index contributed by atoms with van der Waals surface area (Å²) in [6.45, 7) is 4.84. The number of anilines is 3. The predicted molar refractivity (Wildman–Crippen MR) is 247 cm³/mol.